The van der Waals surface area contributed by atoms with Crippen molar-refractivity contribution in [2.24, 2.45) is 16.6 Å². The van der Waals surface area contributed by atoms with Crippen LogP contribution >= 0.6 is 12.4 Å². The van der Waals surface area contributed by atoms with Crippen molar-refractivity contribution in [2.75, 3.05) is 13.2 Å². The van der Waals surface area contributed by atoms with E-state index in [1.807, 2.05) is 0 Å². The molecule has 3 rings (SSSR count). The van der Waals surface area contributed by atoms with Gasteiger partial charge in [0.05, 0.1) is 0 Å². The highest BCUT2D eigenvalue weighted by atomic mass is 35.5. The van der Waals surface area contributed by atoms with Crippen LogP contribution in [0.2, 0.25) is 0 Å². The van der Waals surface area contributed by atoms with E-state index in [9.17, 15) is 0 Å². The van der Waals surface area contributed by atoms with Crippen LogP contribution in [0.15, 0.2) is 0 Å². The number of aliphatic hydroxyl groups excluding tert-OH is 1. The van der Waals surface area contributed by atoms with E-state index in [1.165, 1.54) is 19.3 Å². The quantitative estimate of drug-likeness (QED) is 0.624. The van der Waals surface area contributed by atoms with Gasteiger partial charge in [-0.2, -0.15) is 0 Å². The molecule has 60 valence electrons. The van der Waals surface area contributed by atoms with Gasteiger partial charge in [-0.05, 0) is 36.6 Å². The largest absolute Gasteiger partial charge is 0.396 e. The summed E-state index contributed by atoms with van der Waals surface area (Å²) in [5.74, 6) is 0. The molecule has 3 heteroatoms. The Morgan fingerprint density at radius 2 is 1.70 bits per heavy atom. The second-order valence-electron chi connectivity index (χ2n) is 3.89. The Labute approximate surface area is 67.2 Å². The van der Waals surface area contributed by atoms with Crippen LogP contribution < -0.4 is 5.73 Å². The monoisotopic (exact) mass is 163 g/mol. The summed E-state index contributed by atoms with van der Waals surface area (Å²) in [6, 6.07) is 0. The van der Waals surface area contributed by atoms with Gasteiger partial charge in [0, 0.05) is 6.61 Å². The van der Waals surface area contributed by atoms with Gasteiger partial charge in [0.15, 0.2) is 0 Å². The Morgan fingerprint density at radius 1 is 1.20 bits per heavy atom. The minimum absolute atomic E-state index is 0. The van der Waals surface area contributed by atoms with Crippen molar-refractivity contribution in [1.82, 2.24) is 0 Å². The van der Waals surface area contributed by atoms with Gasteiger partial charge >= 0.3 is 0 Å². The van der Waals surface area contributed by atoms with Gasteiger partial charge in [-0.25, -0.2) is 0 Å². The zero-order valence-corrected chi connectivity index (χ0v) is 6.78. The molecule has 0 amide bonds. The molecule has 0 unspecified atom stereocenters. The summed E-state index contributed by atoms with van der Waals surface area (Å²) in [7, 11) is 0. The molecular formula is C7H14ClNO. The summed E-state index contributed by atoms with van der Waals surface area (Å²) in [6.45, 7) is 1.21. The first-order valence-electron chi connectivity index (χ1n) is 3.55. The summed E-state index contributed by atoms with van der Waals surface area (Å²) >= 11 is 0. The van der Waals surface area contributed by atoms with Crippen LogP contribution in [0, 0.1) is 10.8 Å². The lowest BCUT2D eigenvalue weighted by molar-refractivity contribution is -0.216. The number of hydrogen-bond acceptors (Lipinski definition) is 2. The normalized spacial score (nSPS) is 48.6. The summed E-state index contributed by atoms with van der Waals surface area (Å²) in [5, 5.41) is 8.85. The van der Waals surface area contributed by atoms with Gasteiger partial charge in [-0.1, -0.05) is 0 Å². The molecule has 0 heterocycles. The Morgan fingerprint density at radius 3 is 2.00 bits per heavy atom. The van der Waals surface area contributed by atoms with E-state index < -0.39 is 0 Å². The molecule has 3 aliphatic carbocycles. The van der Waals surface area contributed by atoms with Crippen LogP contribution in [0.4, 0.5) is 0 Å². The maximum absolute atomic E-state index is 8.85. The Hall–Kier alpha value is 0.210. The van der Waals surface area contributed by atoms with Gasteiger partial charge in [-0.15, -0.1) is 12.4 Å². The van der Waals surface area contributed by atoms with Gasteiger partial charge in [0.2, 0.25) is 0 Å². The van der Waals surface area contributed by atoms with E-state index in [4.69, 9.17) is 10.8 Å². The van der Waals surface area contributed by atoms with E-state index in [1.54, 1.807) is 0 Å². The molecule has 2 nitrogen and oxygen atoms in total. The van der Waals surface area contributed by atoms with Crippen LogP contribution in [-0.2, 0) is 0 Å². The average Bonchev–Trinajstić information content (AvgIpc) is 1.62. The molecule has 3 saturated carbocycles. The lowest BCUT2D eigenvalue weighted by atomic mass is 9.35. The van der Waals surface area contributed by atoms with Crippen LogP contribution in [0.3, 0.4) is 0 Å². The minimum Gasteiger partial charge on any atom is -0.396 e. The second kappa shape index (κ2) is 2.10. The van der Waals surface area contributed by atoms with Gasteiger partial charge in [-0.3, -0.25) is 0 Å². The van der Waals surface area contributed by atoms with Crippen LogP contribution in [0.1, 0.15) is 19.3 Å². The number of hydrogen-bond donors (Lipinski definition) is 2. The molecule has 0 atom stereocenters. The first kappa shape index (κ1) is 8.31. The highest BCUT2D eigenvalue weighted by Crippen LogP contribution is 2.72. The maximum Gasteiger partial charge on any atom is 0.0488 e. The van der Waals surface area contributed by atoms with E-state index in [2.05, 4.69) is 0 Å². The minimum atomic E-state index is 0. The van der Waals surface area contributed by atoms with Crippen molar-refractivity contribution in [3.63, 3.8) is 0 Å². The number of aliphatic hydroxyl groups is 1. The molecule has 10 heavy (non-hydrogen) atoms. The van der Waals surface area contributed by atoms with Gasteiger partial charge in [0.25, 0.3) is 0 Å². The molecule has 0 aromatic rings. The summed E-state index contributed by atoms with van der Waals surface area (Å²) < 4.78 is 0. The molecule has 0 spiro atoms. The summed E-state index contributed by atoms with van der Waals surface area (Å²) in [6.07, 6.45) is 3.56. The summed E-state index contributed by atoms with van der Waals surface area (Å²) in [5.41, 5.74) is 6.37. The fourth-order valence-electron chi connectivity index (χ4n) is 2.62. The van der Waals surface area contributed by atoms with E-state index in [-0.39, 0.29) is 12.4 Å². The lowest BCUT2D eigenvalue weighted by Gasteiger charge is -2.70. The van der Waals surface area contributed by atoms with Crippen molar-refractivity contribution in [3.05, 3.63) is 0 Å². The molecule has 3 fully saturated rings. The molecule has 0 aromatic heterocycles. The SMILES string of the molecule is Cl.NCC12CC(CO)(C1)C2. The average molecular weight is 164 g/mol. The fourth-order valence-corrected chi connectivity index (χ4v) is 2.62. The van der Waals surface area contributed by atoms with Crippen molar-refractivity contribution < 1.29 is 5.11 Å². The first-order chi connectivity index (χ1) is 4.24. The van der Waals surface area contributed by atoms with Gasteiger partial charge < -0.3 is 10.8 Å². The number of nitrogens with two attached hydrogens (primary N) is 1. The van der Waals surface area contributed by atoms with Gasteiger partial charge in [0.1, 0.15) is 0 Å². The fraction of sp³-hybridized carbons (Fsp3) is 1.00. The Kier molecular flexibility index (Phi) is 1.74. The number of rotatable bonds is 2. The summed E-state index contributed by atoms with van der Waals surface area (Å²) in [4.78, 5) is 0. The smallest absolute Gasteiger partial charge is 0.0488 e. The van der Waals surface area contributed by atoms with Crippen molar-refractivity contribution in [1.29, 1.82) is 0 Å². The predicted octanol–water partition coefficient (Wildman–Crippen LogP) is 0.529. The predicted molar refractivity (Wildman–Crippen MR) is 42.1 cm³/mol. The van der Waals surface area contributed by atoms with Crippen molar-refractivity contribution >= 4 is 12.4 Å². The second-order valence-corrected chi connectivity index (χ2v) is 3.89. The van der Waals surface area contributed by atoms with Crippen LogP contribution in [0.5, 0.6) is 0 Å². The van der Waals surface area contributed by atoms with E-state index >= 15 is 0 Å². The highest BCUT2D eigenvalue weighted by molar-refractivity contribution is 5.85. The highest BCUT2D eigenvalue weighted by Gasteiger charge is 2.66. The van der Waals surface area contributed by atoms with E-state index in [0.717, 1.165) is 6.54 Å². The van der Waals surface area contributed by atoms with Crippen LogP contribution in [-0.4, -0.2) is 18.3 Å². The van der Waals surface area contributed by atoms with Crippen LogP contribution in [0.25, 0.3) is 0 Å². The molecule has 0 saturated heterocycles. The Bertz CT molecular complexity index is 115. The van der Waals surface area contributed by atoms with Crippen molar-refractivity contribution in [3.8, 4) is 0 Å². The third kappa shape index (κ3) is 0.728. The molecule has 0 radical (unpaired) electrons. The lowest BCUT2D eigenvalue weighted by Crippen LogP contribution is -2.66. The molecule has 3 aliphatic rings. The first-order valence-corrected chi connectivity index (χ1v) is 3.55. The third-order valence-corrected chi connectivity index (χ3v) is 3.02. The van der Waals surface area contributed by atoms with E-state index in [0.29, 0.717) is 17.4 Å². The standard InChI is InChI=1S/C7H13NO.ClH/c8-4-6-1-7(2-6,3-6)5-9;/h9H,1-5,8H2;1H. The third-order valence-electron chi connectivity index (χ3n) is 3.02. The number of halogens is 1. The zero-order chi connectivity index (χ0) is 6.54. The maximum atomic E-state index is 8.85. The molecule has 3 N–H and O–H groups in total. The zero-order valence-electron chi connectivity index (χ0n) is 5.97. The topological polar surface area (TPSA) is 46.2 Å². The molecular weight excluding hydrogens is 150 g/mol. The molecule has 0 aliphatic heterocycles. The van der Waals surface area contributed by atoms with Crippen molar-refractivity contribution in [2.45, 2.75) is 19.3 Å². The Balaban J connectivity index is 0.000000500. The molecule has 0 aromatic carbocycles. The molecule has 2 bridgehead atoms.